The highest BCUT2D eigenvalue weighted by molar-refractivity contribution is 6.39. The molecular weight excluding hydrogens is 489 g/mol. The normalized spacial score (nSPS) is 11.7. The van der Waals surface area contributed by atoms with Gasteiger partial charge in [0.1, 0.15) is 11.8 Å². The summed E-state index contributed by atoms with van der Waals surface area (Å²) < 4.78 is 11.1. The SMILES string of the molecule is CCOCc1cc(C)c(-c2ccc(C[C@H](NC(=O)c3c(Cl)cccc3Cl)C(=O)O)cc2)c(OC)c1. The third-order valence-electron chi connectivity index (χ3n) is 5.53. The number of hydrogen-bond acceptors (Lipinski definition) is 4. The molecule has 0 radical (unpaired) electrons. The van der Waals surface area contributed by atoms with Crippen molar-refractivity contribution in [2.45, 2.75) is 32.9 Å². The second-order valence-electron chi connectivity index (χ2n) is 7.99. The Kier molecular flexibility index (Phi) is 9.15. The third-order valence-corrected chi connectivity index (χ3v) is 6.16. The van der Waals surface area contributed by atoms with Gasteiger partial charge in [0.25, 0.3) is 5.91 Å². The molecule has 0 heterocycles. The Hall–Kier alpha value is -3.06. The smallest absolute Gasteiger partial charge is 0.326 e. The summed E-state index contributed by atoms with van der Waals surface area (Å²) >= 11 is 12.2. The summed E-state index contributed by atoms with van der Waals surface area (Å²) in [6.45, 7) is 5.10. The number of carboxylic acids is 1. The van der Waals surface area contributed by atoms with Gasteiger partial charge in [0.05, 0.1) is 29.3 Å². The molecule has 8 heteroatoms. The van der Waals surface area contributed by atoms with Crippen LogP contribution in [0.1, 0.15) is 34.0 Å². The quantitative estimate of drug-likeness (QED) is 0.349. The van der Waals surface area contributed by atoms with Crippen LogP contribution in [0.2, 0.25) is 10.0 Å². The maximum atomic E-state index is 12.7. The first-order valence-electron chi connectivity index (χ1n) is 11.1. The lowest BCUT2D eigenvalue weighted by molar-refractivity contribution is -0.139. The van der Waals surface area contributed by atoms with Crippen LogP contribution in [0.3, 0.4) is 0 Å². The molecule has 0 aliphatic carbocycles. The average Bonchev–Trinajstić information content (AvgIpc) is 2.82. The van der Waals surface area contributed by atoms with Crippen LogP contribution in [0, 0.1) is 6.92 Å². The fraction of sp³-hybridized carbons (Fsp3) is 0.259. The summed E-state index contributed by atoms with van der Waals surface area (Å²) in [5, 5.41) is 12.5. The number of hydrogen-bond donors (Lipinski definition) is 2. The van der Waals surface area contributed by atoms with Crippen LogP contribution in [-0.4, -0.2) is 36.7 Å². The van der Waals surface area contributed by atoms with Gasteiger partial charge < -0.3 is 19.9 Å². The van der Waals surface area contributed by atoms with Gasteiger partial charge in [0, 0.05) is 18.6 Å². The van der Waals surface area contributed by atoms with Gasteiger partial charge in [0.15, 0.2) is 0 Å². The Balaban J connectivity index is 1.80. The largest absolute Gasteiger partial charge is 0.496 e. The maximum Gasteiger partial charge on any atom is 0.326 e. The predicted molar refractivity (Wildman–Crippen MR) is 138 cm³/mol. The number of methoxy groups -OCH3 is 1. The molecule has 0 saturated carbocycles. The number of benzene rings is 3. The van der Waals surface area contributed by atoms with Gasteiger partial charge >= 0.3 is 5.97 Å². The number of halogens is 2. The molecule has 3 aromatic rings. The van der Waals surface area contributed by atoms with Gasteiger partial charge in [0.2, 0.25) is 0 Å². The lowest BCUT2D eigenvalue weighted by Gasteiger charge is -2.17. The Morgan fingerprint density at radius 3 is 2.26 bits per heavy atom. The zero-order valence-corrected chi connectivity index (χ0v) is 21.2. The lowest BCUT2D eigenvalue weighted by atomic mass is 9.95. The fourth-order valence-electron chi connectivity index (χ4n) is 3.85. The number of carbonyl (C=O) groups excluding carboxylic acids is 1. The third kappa shape index (κ3) is 6.54. The van der Waals surface area contributed by atoms with E-state index in [4.69, 9.17) is 32.7 Å². The summed E-state index contributed by atoms with van der Waals surface area (Å²) in [4.78, 5) is 24.5. The van der Waals surface area contributed by atoms with Crippen molar-refractivity contribution in [1.29, 1.82) is 0 Å². The Bertz CT molecular complexity index is 1190. The van der Waals surface area contributed by atoms with E-state index in [2.05, 4.69) is 11.4 Å². The van der Waals surface area contributed by atoms with Gasteiger partial charge in [-0.2, -0.15) is 0 Å². The number of carbonyl (C=O) groups is 2. The number of aliphatic carboxylic acids is 1. The molecule has 0 aliphatic rings. The highest BCUT2D eigenvalue weighted by atomic mass is 35.5. The number of aryl methyl sites for hydroxylation is 1. The molecular formula is C27H27Cl2NO5. The molecule has 1 amide bonds. The van der Waals surface area contributed by atoms with E-state index < -0.39 is 17.9 Å². The first kappa shape index (κ1) is 26.5. The van der Waals surface area contributed by atoms with Crippen LogP contribution in [0.4, 0.5) is 0 Å². The van der Waals surface area contributed by atoms with Gasteiger partial charge in [-0.05, 0) is 54.3 Å². The fourth-order valence-corrected chi connectivity index (χ4v) is 4.42. The summed E-state index contributed by atoms with van der Waals surface area (Å²) in [6.07, 6.45) is 0.0901. The average molecular weight is 516 g/mol. The van der Waals surface area contributed by atoms with Crippen molar-refractivity contribution in [1.82, 2.24) is 5.32 Å². The van der Waals surface area contributed by atoms with Crippen molar-refractivity contribution < 1.29 is 24.2 Å². The molecule has 0 aromatic heterocycles. The first-order chi connectivity index (χ1) is 16.7. The molecule has 6 nitrogen and oxygen atoms in total. The minimum Gasteiger partial charge on any atom is -0.496 e. The summed E-state index contributed by atoms with van der Waals surface area (Å²) in [5.41, 5.74) is 4.75. The molecule has 0 spiro atoms. The molecule has 0 fully saturated rings. The van der Waals surface area contributed by atoms with E-state index in [1.165, 1.54) is 12.1 Å². The lowest BCUT2D eigenvalue weighted by Crippen LogP contribution is -2.42. The topological polar surface area (TPSA) is 84.9 Å². The van der Waals surface area contributed by atoms with Crippen molar-refractivity contribution in [2.75, 3.05) is 13.7 Å². The zero-order valence-electron chi connectivity index (χ0n) is 19.7. The van der Waals surface area contributed by atoms with Crippen molar-refractivity contribution in [2.24, 2.45) is 0 Å². The van der Waals surface area contributed by atoms with Crippen LogP contribution in [0.15, 0.2) is 54.6 Å². The van der Waals surface area contributed by atoms with Crippen molar-refractivity contribution in [3.8, 4) is 16.9 Å². The molecule has 0 unspecified atom stereocenters. The zero-order chi connectivity index (χ0) is 25.5. The molecule has 3 rings (SSSR count). The minimum atomic E-state index is -1.16. The van der Waals surface area contributed by atoms with Crippen LogP contribution in [0.5, 0.6) is 5.75 Å². The van der Waals surface area contributed by atoms with E-state index in [1.54, 1.807) is 13.2 Å². The van der Waals surface area contributed by atoms with Crippen LogP contribution < -0.4 is 10.1 Å². The van der Waals surface area contributed by atoms with Gasteiger partial charge in [-0.25, -0.2) is 4.79 Å². The minimum absolute atomic E-state index is 0.0489. The molecule has 0 saturated heterocycles. The van der Waals surface area contributed by atoms with Crippen molar-refractivity contribution in [3.63, 3.8) is 0 Å². The molecule has 3 aromatic carbocycles. The highest BCUT2D eigenvalue weighted by Crippen LogP contribution is 2.35. The van der Waals surface area contributed by atoms with E-state index in [0.29, 0.717) is 13.2 Å². The molecule has 2 N–H and O–H groups in total. The molecule has 1 atom stereocenters. The van der Waals surface area contributed by atoms with Crippen molar-refractivity contribution >= 4 is 35.1 Å². The number of rotatable bonds is 10. The van der Waals surface area contributed by atoms with E-state index in [-0.39, 0.29) is 22.0 Å². The summed E-state index contributed by atoms with van der Waals surface area (Å²) in [6, 6.07) is 15.0. The number of ether oxygens (including phenoxy) is 2. The second kappa shape index (κ2) is 12.1. The van der Waals surface area contributed by atoms with Crippen LogP contribution in [-0.2, 0) is 22.6 Å². The number of amides is 1. The summed E-state index contributed by atoms with van der Waals surface area (Å²) in [5.74, 6) is -1.06. The van der Waals surface area contributed by atoms with Crippen LogP contribution in [0.25, 0.3) is 11.1 Å². The molecule has 184 valence electrons. The highest BCUT2D eigenvalue weighted by Gasteiger charge is 2.24. The Morgan fingerprint density at radius 2 is 1.69 bits per heavy atom. The van der Waals surface area contributed by atoms with Gasteiger partial charge in [-0.1, -0.05) is 59.6 Å². The van der Waals surface area contributed by atoms with E-state index >= 15 is 0 Å². The maximum absolute atomic E-state index is 12.7. The summed E-state index contributed by atoms with van der Waals surface area (Å²) in [7, 11) is 1.63. The predicted octanol–water partition coefficient (Wildman–Crippen LogP) is 5.94. The number of nitrogens with one attached hydrogen (secondary N) is 1. The van der Waals surface area contributed by atoms with E-state index in [9.17, 15) is 14.7 Å². The molecule has 0 aliphatic heterocycles. The van der Waals surface area contributed by atoms with Crippen LogP contribution >= 0.6 is 23.2 Å². The standard InChI is InChI=1S/C27H27Cl2NO5/c1-4-35-15-18-12-16(2)24(23(14-18)34-3)19-10-8-17(9-11-19)13-22(27(32)33)30-26(31)25-20(28)6-5-7-21(25)29/h5-12,14,22H,4,13,15H2,1-3H3,(H,30,31)(H,32,33)/t22-/m0/s1. The van der Waals surface area contributed by atoms with Crippen molar-refractivity contribution in [3.05, 3.63) is 86.9 Å². The molecule has 0 bridgehead atoms. The Morgan fingerprint density at radius 1 is 1.03 bits per heavy atom. The second-order valence-corrected chi connectivity index (χ2v) is 8.80. The van der Waals surface area contributed by atoms with Gasteiger partial charge in [-0.15, -0.1) is 0 Å². The number of carboxylic acid groups (broad SMARTS) is 1. The first-order valence-corrected chi connectivity index (χ1v) is 11.8. The van der Waals surface area contributed by atoms with Gasteiger partial charge in [-0.3, -0.25) is 4.79 Å². The monoisotopic (exact) mass is 515 g/mol. The van der Waals surface area contributed by atoms with E-state index in [0.717, 1.165) is 33.6 Å². The van der Waals surface area contributed by atoms with E-state index in [1.807, 2.05) is 44.2 Å². The Labute approximate surface area is 214 Å². The molecule has 35 heavy (non-hydrogen) atoms.